The third-order valence-corrected chi connectivity index (χ3v) is 2.59. The van der Waals surface area contributed by atoms with Gasteiger partial charge >= 0.3 is 0 Å². The molecule has 1 rings (SSSR count). The van der Waals surface area contributed by atoms with Gasteiger partial charge < -0.3 is 15.4 Å². The van der Waals surface area contributed by atoms with Crippen molar-refractivity contribution in [1.82, 2.24) is 5.32 Å². The van der Waals surface area contributed by atoms with Crippen molar-refractivity contribution in [3.05, 3.63) is 33.1 Å². The predicted octanol–water partition coefficient (Wildman–Crippen LogP) is 1.56. The van der Waals surface area contributed by atoms with E-state index in [0.29, 0.717) is 19.2 Å². The number of nitrogens with one attached hydrogen (secondary N) is 2. The monoisotopic (exact) mass is 305 g/mol. The summed E-state index contributed by atoms with van der Waals surface area (Å²) in [7, 11) is 1.49. The van der Waals surface area contributed by atoms with E-state index in [9.17, 15) is 19.3 Å². The molecule has 1 aromatic rings. The van der Waals surface area contributed by atoms with Gasteiger partial charge in [0, 0.05) is 13.7 Å². The number of benzene rings is 1. The van der Waals surface area contributed by atoms with E-state index in [1.807, 2.05) is 0 Å². The summed E-state index contributed by atoms with van der Waals surface area (Å²) in [5.74, 6) is -1.27. The van der Waals surface area contributed by atoms with E-state index in [0.717, 1.165) is 6.07 Å². The highest BCUT2D eigenvalue weighted by Gasteiger charge is 2.18. The normalized spacial score (nSPS) is 10.2. The first kappa shape index (κ1) is 16.1. The van der Waals surface area contributed by atoms with Crippen molar-refractivity contribution in [2.75, 3.05) is 32.1 Å². The van der Waals surface area contributed by atoms with E-state index in [2.05, 4.69) is 10.6 Å². The zero-order valence-electron chi connectivity index (χ0n) is 10.6. The summed E-state index contributed by atoms with van der Waals surface area (Å²) in [4.78, 5) is 21.4. The number of anilines is 1. The summed E-state index contributed by atoms with van der Waals surface area (Å²) in [5.41, 5.74) is -0.514. The number of rotatable bonds is 7. The van der Waals surface area contributed by atoms with Crippen molar-refractivity contribution in [2.24, 2.45) is 0 Å². The van der Waals surface area contributed by atoms with Crippen molar-refractivity contribution in [3.63, 3.8) is 0 Å². The van der Waals surface area contributed by atoms with E-state index in [-0.39, 0.29) is 23.2 Å². The number of amides is 1. The van der Waals surface area contributed by atoms with Crippen LogP contribution in [0, 0.1) is 15.9 Å². The minimum atomic E-state index is -0.895. The molecule has 0 fully saturated rings. The smallest absolute Gasteiger partial charge is 0.295 e. The summed E-state index contributed by atoms with van der Waals surface area (Å²) in [6.45, 7) is 0.476. The second kappa shape index (κ2) is 7.61. The van der Waals surface area contributed by atoms with Gasteiger partial charge in [-0.15, -0.1) is 0 Å². The van der Waals surface area contributed by atoms with Gasteiger partial charge in [0.1, 0.15) is 11.5 Å². The van der Waals surface area contributed by atoms with Crippen LogP contribution in [0.25, 0.3) is 0 Å². The second-order valence-corrected chi connectivity index (χ2v) is 4.14. The van der Waals surface area contributed by atoms with Crippen LogP contribution in [0.15, 0.2) is 12.1 Å². The number of nitrogens with zero attached hydrogens (tertiary/aromatic N) is 1. The van der Waals surface area contributed by atoms with Crippen molar-refractivity contribution < 1.29 is 18.8 Å². The van der Waals surface area contributed by atoms with Gasteiger partial charge in [0.2, 0.25) is 5.91 Å². The molecule has 0 aliphatic heterocycles. The molecule has 1 aromatic carbocycles. The van der Waals surface area contributed by atoms with Crippen LogP contribution < -0.4 is 10.6 Å². The first-order valence-corrected chi connectivity index (χ1v) is 5.96. The molecule has 2 N–H and O–H groups in total. The number of hydrogen-bond donors (Lipinski definition) is 2. The number of methoxy groups -OCH3 is 1. The highest BCUT2D eigenvalue weighted by atomic mass is 35.5. The maximum Gasteiger partial charge on any atom is 0.295 e. The molecule has 0 spiro atoms. The quantitative estimate of drug-likeness (QED) is 0.453. The van der Waals surface area contributed by atoms with Gasteiger partial charge in [-0.1, -0.05) is 11.6 Å². The number of halogens is 2. The third-order valence-electron chi connectivity index (χ3n) is 2.30. The molecule has 0 saturated heterocycles. The lowest BCUT2D eigenvalue weighted by molar-refractivity contribution is -0.384. The topological polar surface area (TPSA) is 93.5 Å². The van der Waals surface area contributed by atoms with Crippen molar-refractivity contribution in [2.45, 2.75) is 0 Å². The summed E-state index contributed by atoms with van der Waals surface area (Å²) < 4.78 is 17.9. The van der Waals surface area contributed by atoms with Gasteiger partial charge in [0.05, 0.1) is 29.2 Å². The number of ether oxygens (including phenoxy) is 1. The molecule has 0 aliphatic rings. The van der Waals surface area contributed by atoms with E-state index in [1.54, 1.807) is 0 Å². The molecule has 110 valence electrons. The lowest BCUT2D eigenvalue weighted by Crippen LogP contribution is -2.32. The maximum absolute atomic E-state index is 13.2. The molecule has 0 atom stereocenters. The lowest BCUT2D eigenvalue weighted by Gasteiger charge is -2.08. The summed E-state index contributed by atoms with van der Waals surface area (Å²) >= 11 is 5.55. The van der Waals surface area contributed by atoms with Crippen LogP contribution in [0.3, 0.4) is 0 Å². The zero-order valence-corrected chi connectivity index (χ0v) is 11.4. The first-order chi connectivity index (χ1) is 9.45. The fourth-order valence-corrected chi connectivity index (χ4v) is 1.52. The third kappa shape index (κ3) is 4.63. The molecule has 0 bridgehead atoms. The Hall–Kier alpha value is -1.93. The molecule has 9 heteroatoms. The van der Waals surface area contributed by atoms with E-state index >= 15 is 0 Å². The Balaban J connectivity index is 2.69. The van der Waals surface area contributed by atoms with E-state index in [4.69, 9.17) is 16.3 Å². The van der Waals surface area contributed by atoms with Gasteiger partial charge in [0.15, 0.2) is 0 Å². The molecule has 0 aromatic heterocycles. The maximum atomic E-state index is 13.2. The predicted molar refractivity (Wildman–Crippen MR) is 71.4 cm³/mol. The van der Waals surface area contributed by atoms with Gasteiger partial charge in [-0.05, 0) is 6.07 Å². The molecule has 0 radical (unpaired) electrons. The highest BCUT2D eigenvalue weighted by Crippen LogP contribution is 2.29. The standard InChI is InChI=1S/C11H13ClFN3O4/c1-20-3-2-14-11(17)6-15-9-4-7(12)8(13)5-10(9)16(18)19/h4-5,15H,2-3,6H2,1H3,(H,14,17). The van der Waals surface area contributed by atoms with Gasteiger partial charge in [-0.3, -0.25) is 14.9 Å². The minimum Gasteiger partial charge on any atom is -0.383 e. The molecule has 0 heterocycles. The molecule has 0 saturated carbocycles. The molecular weight excluding hydrogens is 293 g/mol. The Kier molecular flexibility index (Phi) is 6.13. The zero-order chi connectivity index (χ0) is 15.1. The van der Waals surface area contributed by atoms with Crippen molar-refractivity contribution in [3.8, 4) is 0 Å². The number of hydrogen-bond acceptors (Lipinski definition) is 5. The average Bonchev–Trinajstić information content (AvgIpc) is 2.39. The van der Waals surface area contributed by atoms with Gasteiger partial charge in [-0.2, -0.15) is 0 Å². The molecule has 0 aliphatic carbocycles. The molecule has 1 amide bonds. The fourth-order valence-electron chi connectivity index (χ4n) is 1.36. The molecule has 0 unspecified atom stereocenters. The van der Waals surface area contributed by atoms with Gasteiger partial charge in [-0.25, -0.2) is 4.39 Å². The molecular formula is C11H13ClFN3O4. The first-order valence-electron chi connectivity index (χ1n) is 5.58. The van der Waals surface area contributed by atoms with Crippen molar-refractivity contribution >= 4 is 28.9 Å². The van der Waals surface area contributed by atoms with Crippen LogP contribution in [0.5, 0.6) is 0 Å². The lowest BCUT2D eigenvalue weighted by atomic mass is 10.2. The summed E-state index contributed by atoms with van der Waals surface area (Å²) in [5, 5.41) is 15.6. The Morgan fingerprint density at radius 1 is 1.55 bits per heavy atom. The van der Waals surface area contributed by atoms with E-state index in [1.165, 1.54) is 7.11 Å². The number of nitro benzene ring substituents is 1. The second-order valence-electron chi connectivity index (χ2n) is 3.74. The van der Waals surface area contributed by atoms with Crippen LogP contribution >= 0.6 is 11.6 Å². The fraction of sp³-hybridized carbons (Fsp3) is 0.364. The highest BCUT2D eigenvalue weighted by molar-refractivity contribution is 6.31. The average molecular weight is 306 g/mol. The van der Waals surface area contributed by atoms with E-state index < -0.39 is 16.4 Å². The Morgan fingerprint density at radius 3 is 2.85 bits per heavy atom. The SMILES string of the molecule is COCCNC(=O)CNc1cc(Cl)c(F)cc1[N+](=O)[O-]. The largest absolute Gasteiger partial charge is 0.383 e. The Morgan fingerprint density at radius 2 is 2.25 bits per heavy atom. The molecule has 7 nitrogen and oxygen atoms in total. The number of carbonyl (C=O) groups excluding carboxylic acids is 1. The minimum absolute atomic E-state index is 0.0247. The summed E-state index contributed by atoms with van der Waals surface area (Å²) in [6, 6.07) is 1.77. The van der Waals surface area contributed by atoms with Crippen LogP contribution in [0.4, 0.5) is 15.8 Å². The van der Waals surface area contributed by atoms with Gasteiger partial charge in [0.25, 0.3) is 5.69 Å². The van der Waals surface area contributed by atoms with Crippen LogP contribution in [0.2, 0.25) is 5.02 Å². The van der Waals surface area contributed by atoms with Crippen LogP contribution in [-0.4, -0.2) is 37.6 Å². The number of nitro groups is 1. The van der Waals surface area contributed by atoms with Crippen LogP contribution in [-0.2, 0) is 9.53 Å². The van der Waals surface area contributed by atoms with Crippen LogP contribution in [0.1, 0.15) is 0 Å². The summed E-state index contributed by atoms with van der Waals surface area (Å²) in [6.07, 6.45) is 0. The Labute approximate surface area is 119 Å². The molecule has 20 heavy (non-hydrogen) atoms. The van der Waals surface area contributed by atoms with Crippen molar-refractivity contribution in [1.29, 1.82) is 0 Å². The number of carbonyl (C=O) groups is 1. The Bertz CT molecular complexity index is 513.